The molecule has 2 aromatic heterocycles. The maximum Gasteiger partial charge on any atom is 0.506 e. The molecule has 0 radical (unpaired) electrons. The minimum atomic E-state index is -2.54. The van der Waals surface area contributed by atoms with Crippen molar-refractivity contribution < 1.29 is 52.2 Å². The Balaban J connectivity index is 1.15. The Kier molecular flexibility index (Phi) is 13.5. The van der Waals surface area contributed by atoms with Crippen molar-refractivity contribution in [1.82, 2.24) is 19.5 Å². The summed E-state index contributed by atoms with van der Waals surface area (Å²) in [5, 5.41) is 13.8. The van der Waals surface area contributed by atoms with E-state index in [2.05, 4.69) is 10.3 Å². The highest BCUT2D eigenvalue weighted by Gasteiger charge is 2.59. The number of nitrogens with one attached hydrogen (secondary N) is 1. The van der Waals surface area contributed by atoms with Gasteiger partial charge in [-0.3, -0.25) is 4.57 Å². The second-order valence-electron chi connectivity index (χ2n) is 16.9. The molecule has 0 bridgehead atoms. The number of hydrogen-bond donors (Lipinski definition) is 2. The van der Waals surface area contributed by atoms with Gasteiger partial charge in [0.2, 0.25) is 11.8 Å². The van der Waals surface area contributed by atoms with Crippen LogP contribution < -0.4 is 29.0 Å². The minimum Gasteiger partial charge on any atom is -0.497 e. The third-order valence-corrected chi connectivity index (χ3v) is 12.9. The summed E-state index contributed by atoms with van der Waals surface area (Å²) in [5.41, 5.74) is -0.208. The molecule has 0 aliphatic carbocycles. The lowest BCUT2D eigenvalue weighted by Crippen LogP contribution is -2.45. The van der Waals surface area contributed by atoms with Gasteiger partial charge in [0.05, 0.1) is 48.5 Å². The molecule has 4 atom stereocenters. The second-order valence-corrected chi connectivity index (χ2v) is 16.9. The largest absolute Gasteiger partial charge is 0.506 e. The zero-order valence-electron chi connectivity index (χ0n) is 39.8. The molecule has 16 heteroatoms. The van der Waals surface area contributed by atoms with Gasteiger partial charge < -0.3 is 48.3 Å². The molecule has 6 aromatic carbocycles. The van der Waals surface area contributed by atoms with Gasteiger partial charge in [0.15, 0.2) is 29.2 Å². The van der Waals surface area contributed by atoms with Crippen LogP contribution in [0.5, 0.6) is 28.9 Å². The highest BCUT2D eigenvalue weighted by atomic mass is 19.1. The van der Waals surface area contributed by atoms with Crippen molar-refractivity contribution in [2.75, 3.05) is 47.5 Å². The van der Waals surface area contributed by atoms with E-state index >= 15 is 4.39 Å². The normalized spacial score (nSPS) is 17.9. The number of halogens is 1. The quantitative estimate of drug-likeness (QED) is 0.0616. The first kappa shape index (κ1) is 47.8. The monoisotopic (exact) mass is 961 g/mol. The van der Waals surface area contributed by atoms with Gasteiger partial charge in [-0.05, 0) is 88.8 Å². The highest BCUT2D eigenvalue weighted by molar-refractivity contribution is 5.78. The van der Waals surface area contributed by atoms with Crippen molar-refractivity contribution in [3.05, 3.63) is 197 Å². The Bertz CT molecular complexity index is 2970. The van der Waals surface area contributed by atoms with Crippen molar-refractivity contribution in [3.8, 4) is 28.9 Å². The number of alkyl halides is 1. The molecule has 1 fully saturated rings. The summed E-state index contributed by atoms with van der Waals surface area (Å²) in [6.07, 6.45) is -4.93. The number of benzene rings is 6. The van der Waals surface area contributed by atoms with Crippen LogP contribution in [0.15, 0.2) is 164 Å². The first-order chi connectivity index (χ1) is 34.5. The van der Waals surface area contributed by atoms with Crippen LogP contribution in [0.2, 0.25) is 0 Å². The van der Waals surface area contributed by atoms with Crippen molar-refractivity contribution in [2.45, 2.75) is 42.2 Å². The average Bonchev–Trinajstić information content (AvgIpc) is 3.94. The molecule has 1 saturated heterocycles. The summed E-state index contributed by atoms with van der Waals surface area (Å²) in [4.78, 5) is 26.9. The smallest absolute Gasteiger partial charge is 0.497 e. The van der Waals surface area contributed by atoms with Gasteiger partial charge in [0.25, 0.3) is 0 Å². The van der Waals surface area contributed by atoms with E-state index in [1.165, 1.54) is 24.9 Å². The molecule has 2 N–H and O–H groups in total. The SMILES string of the molecule is COc1ccc(C(Nc2nc(OC)c3ncn([C@@H]4O[C@H](COC(c5ccccc5)(c5ccc(OC)cc5)c5ccc(OC)cc5)[C@@H](OC(=O)O)[C@@]4(C)F)c3n2)(c2ccccc2)c2ccc(OC)cc2)cc1. The predicted octanol–water partition coefficient (Wildman–Crippen LogP) is 9.97. The Morgan fingerprint density at radius 2 is 1.08 bits per heavy atom. The van der Waals surface area contributed by atoms with Gasteiger partial charge in [-0.2, -0.15) is 9.97 Å². The third-order valence-electron chi connectivity index (χ3n) is 12.9. The van der Waals surface area contributed by atoms with Crippen molar-refractivity contribution in [3.63, 3.8) is 0 Å². The topological polar surface area (TPSA) is 167 Å². The summed E-state index contributed by atoms with van der Waals surface area (Å²) in [6.45, 7) is 0.863. The maximum atomic E-state index is 18.0. The van der Waals surface area contributed by atoms with Crippen LogP contribution in [0.1, 0.15) is 46.5 Å². The summed E-state index contributed by atoms with van der Waals surface area (Å²) in [5.74, 6) is 2.70. The molecule has 0 unspecified atom stereocenters. The number of fused-ring (bicyclic) bond motifs is 1. The van der Waals surface area contributed by atoms with Crippen LogP contribution in [0.25, 0.3) is 11.2 Å². The van der Waals surface area contributed by atoms with E-state index in [0.29, 0.717) is 34.1 Å². The number of rotatable bonds is 18. The Morgan fingerprint density at radius 3 is 1.54 bits per heavy atom. The molecule has 1 aliphatic heterocycles. The van der Waals surface area contributed by atoms with E-state index in [-0.39, 0.29) is 29.6 Å². The molecule has 0 amide bonds. The zero-order valence-corrected chi connectivity index (χ0v) is 39.8. The van der Waals surface area contributed by atoms with Gasteiger partial charge in [0.1, 0.15) is 40.2 Å². The lowest BCUT2D eigenvalue weighted by molar-refractivity contribution is -0.0973. The summed E-state index contributed by atoms with van der Waals surface area (Å²) < 4.78 is 66.5. The van der Waals surface area contributed by atoms with Crippen LogP contribution >= 0.6 is 0 Å². The minimum absolute atomic E-state index is 0.0751. The Hall–Kier alpha value is -8.21. The molecule has 8 aromatic rings. The van der Waals surface area contributed by atoms with Gasteiger partial charge in [-0.15, -0.1) is 0 Å². The highest BCUT2D eigenvalue weighted by Crippen LogP contribution is 2.48. The molecule has 15 nitrogen and oxygen atoms in total. The molecule has 9 rings (SSSR count). The van der Waals surface area contributed by atoms with Crippen molar-refractivity contribution in [1.29, 1.82) is 0 Å². The summed E-state index contributed by atoms with van der Waals surface area (Å²) >= 11 is 0. The predicted molar refractivity (Wildman–Crippen MR) is 262 cm³/mol. The van der Waals surface area contributed by atoms with E-state index in [1.54, 1.807) is 28.4 Å². The fourth-order valence-electron chi connectivity index (χ4n) is 9.43. The second kappa shape index (κ2) is 20.0. The van der Waals surface area contributed by atoms with Gasteiger partial charge in [-0.25, -0.2) is 14.2 Å². The Morgan fingerprint density at radius 1 is 0.648 bits per heavy atom. The van der Waals surface area contributed by atoms with Crippen LogP contribution in [0.4, 0.5) is 15.1 Å². The third kappa shape index (κ3) is 8.87. The van der Waals surface area contributed by atoms with Crippen molar-refractivity contribution >= 4 is 23.3 Å². The van der Waals surface area contributed by atoms with Gasteiger partial charge in [-0.1, -0.05) is 109 Å². The number of imidazole rings is 1. The molecular weight excluding hydrogens is 910 g/mol. The van der Waals surface area contributed by atoms with E-state index in [9.17, 15) is 9.90 Å². The van der Waals surface area contributed by atoms with Crippen LogP contribution in [-0.4, -0.2) is 90.8 Å². The molecule has 3 heterocycles. The summed E-state index contributed by atoms with van der Waals surface area (Å²) in [6, 6.07) is 49.3. The molecular formula is C55H52FN5O10. The molecule has 0 spiro atoms. The molecule has 0 saturated carbocycles. The number of carbonyl (C=O) groups is 1. The number of methoxy groups -OCH3 is 5. The fraction of sp³-hybridized carbons (Fsp3) is 0.236. The zero-order chi connectivity index (χ0) is 49.8. The van der Waals surface area contributed by atoms with Crippen molar-refractivity contribution in [2.24, 2.45) is 0 Å². The first-order valence-electron chi connectivity index (χ1n) is 22.6. The number of aromatic nitrogens is 4. The standard InChI is InChI=1S/C55H52FN5O10/c1-53(56)47(71-52(62)63)45(33-69-55(38-15-11-8-12-16-38,39-21-29-43(66-4)30-22-39)40-23-31-44(67-5)32-24-40)70-50(53)61-34-57-46-48(61)58-51(59-49(46)68-6)60-54(35-13-9-7-10-14-35,36-17-25-41(64-2)26-18-36)37-19-27-42(65-3)28-20-37/h7-32,34,45,47,50H,33H2,1-6H3,(H,62,63)(H,58,59,60)/t45-,47-,50-,53-/m1/s1. The number of anilines is 1. The number of ether oxygens (including phenoxy) is 8. The van der Waals surface area contributed by atoms with E-state index < -0.39 is 41.4 Å². The van der Waals surface area contributed by atoms with E-state index in [4.69, 9.17) is 47.9 Å². The van der Waals surface area contributed by atoms with Crippen LogP contribution in [0.3, 0.4) is 0 Å². The lowest BCUT2D eigenvalue weighted by atomic mass is 9.77. The molecule has 1 aliphatic rings. The first-order valence-corrected chi connectivity index (χ1v) is 22.6. The summed E-state index contributed by atoms with van der Waals surface area (Å²) in [7, 11) is 7.81. The van der Waals surface area contributed by atoms with E-state index in [1.807, 2.05) is 158 Å². The van der Waals surface area contributed by atoms with Crippen LogP contribution in [0, 0.1) is 0 Å². The number of carboxylic acid groups (broad SMARTS) is 1. The fourth-order valence-corrected chi connectivity index (χ4v) is 9.43. The Labute approximate surface area is 409 Å². The molecule has 364 valence electrons. The molecule has 71 heavy (non-hydrogen) atoms. The van der Waals surface area contributed by atoms with Crippen LogP contribution in [-0.2, 0) is 25.4 Å². The maximum absolute atomic E-state index is 18.0. The average molecular weight is 962 g/mol. The number of hydrogen-bond acceptors (Lipinski definition) is 13. The van der Waals surface area contributed by atoms with E-state index in [0.717, 1.165) is 22.3 Å². The lowest BCUT2D eigenvalue weighted by Gasteiger charge is -2.37. The van der Waals surface area contributed by atoms with Gasteiger partial charge >= 0.3 is 6.16 Å². The number of nitrogens with zero attached hydrogens (tertiary/aromatic N) is 4. The van der Waals surface area contributed by atoms with Gasteiger partial charge in [0, 0.05) is 0 Å².